The summed E-state index contributed by atoms with van der Waals surface area (Å²) in [6, 6.07) is 0. The standard InChI is InChI=1S/C16H19N3O2S/c1-10-17-15(21-18-10)11-6-7-19(8-11)16(20)13-9-22-14-5-3-2-4-12(13)14/h9,11H,2-8H2,1H3/t11-/m0/s1. The quantitative estimate of drug-likeness (QED) is 0.854. The maximum absolute atomic E-state index is 12.8. The molecule has 0 radical (unpaired) electrons. The zero-order valence-electron chi connectivity index (χ0n) is 12.7. The topological polar surface area (TPSA) is 59.2 Å². The van der Waals surface area contributed by atoms with E-state index in [2.05, 4.69) is 15.5 Å². The number of rotatable bonds is 2. The van der Waals surface area contributed by atoms with Crippen molar-refractivity contribution in [1.29, 1.82) is 0 Å². The fourth-order valence-electron chi connectivity index (χ4n) is 3.47. The summed E-state index contributed by atoms with van der Waals surface area (Å²) in [5.74, 6) is 1.68. The van der Waals surface area contributed by atoms with Crippen LogP contribution in [0.25, 0.3) is 0 Å². The van der Waals surface area contributed by atoms with Gasteiger partial charge in [-0.1, -0.05) is 5.16 Å². The van der Waals surface area contributed by atoms with Crippen molar-refractivity contribution in [3.05, 3.63) is 33.1 Å². The van der Waals surface area contributed by atoms with Gasteiger partial charge in [-0.3, -0.25) is 4.79 Å². The van der Waals surface area contributed by atoms with Crippen LogP contribution in [-0.4, -0.2) is 34.0 Å². The Morgan fingerprint density at radius 3 is 3.09 bits per heavy atom. The zero-order chi connectivity index (χ0) is 15.1. The van der Waals surface area contributed by atoms with Crippen LogP contribution in [-0.2, 0) is 12.8 Å². The Balaban J connectivity index is 1.51. The number of aryl methyl sites for hydroxylation is 2. The molecule has 3 heterocycles. The first-order chi connectivity index (χ1) is 10.7. The van der Waals surface area contributed by atoms with Crippen molar-refractivity contribution in [2.45, 2.75) is 44.9 Å². The first-order valence-corrected chi connectivity index (χ1v) is 8.79. The van der Waals surface area contributed by atoms with Crippen LogP contribution in [0.4, 0.5) is 0 Å². The van der Waals surface area contributed by atoms with Crippen molar-refractivity contribution < 1.29 is 9.32 Å². The normalized spacial score (nSPS) is 21.1. The van der Waals surface area contributed by atoms with Gasteiger partial charge in [0.2, 0.25) is 5.89 Å². The second kappa shape index (κ2) is 5.50. The number of hydrogen-bond acceptors (Lipinski definition) is 5. The summed E-state index contributed by atoms with van der Waals surface area (Å²) in [4.78, 5) is 20.5. The smallest absolute Gasteiger partial charge is 0.255 e. The molecule has 0 saturated carbocycles. The van der Waals surface area contributed by atoms with Crippen LogP contribution in [0, 0.1) is 6.92 Å². The molecule has 4 rings (SSSR count). The van der Waals surface area contributed by atoms with Crippen LogP contribution in [0.5, 0.6) is 0 Å². The lowest BCUT2D eigenvalue weighted by Gasteiger charge is -2.18. The molecule has 1 aliphatic heterocycles. The van der Waals surface area contributed by atoms with Crippen molar-refractivity contribution in [1.82, 2.24) is 15.0 Å². The van der Waals surface area contributed by atoms with Gasteiger partial charge >= 0.3 is 0 Å². The Labute approximate surface area is 133 Å². The fourth-order valence-corrected chi connectivity index (χ4v) is 4.59. The Kier molecular flexibility index (Phi) is 3.48. The maximum atomic E-state index is 12.8. The van der Waals surface area contributed by atoms with E-state index in [9.17, 15) is 4.79 Å². The minimum absolute atomic E-state index is 0.179. The van der Waals surface area contributed by atoms with Crippen molar-refractivity contribution in [2.24, 2.45) is 0 Å². The van der Waals surface area contributed by atoms with Gasteiger partial charge in [0.05, 0.1) is 11.5 Å². The van der Waals surface area contributed by atoms with E-state index in [0.717, 1.165) is 31.4 Å². The summed E-state index contributed by atoms with van der Waals surface area (Å²) in [6.45, 7) is 3.28. The molecule has 1 saturated heterocycles. The Morgan fingerprint density at radius 1 is 1.41 bits per heavy atom. The molecule has 22 heavy (non-hydrogen) atoms. The average molecular weight is 317 g/mol. The van der Waals surface area contributed by atoms with Crippen molar-refractivity contribution in [3.63, 3.8) is 0 Å². The monoisotopic (exact) mass is 317 g/mol. The molecular formula is C16H19N3O2S. The average Bonchev–Trinajstić information content (AvgIpc) is 3.25. The molecule has 6 heteroatoms. The highest BCUT2D eigenvalue weighted by molar-refractivity contribution is 7.10. The van der Waals surface area contributed by atoms with Gasteiger partial charge in [0.15, 0.2) is 5.82 Å². The second-order valence-corrected chi connectivity index (χ2v) is 7.14. The van der Waals surface area contributed by atoms with Gasteiger partial charge in [0.1, 0.15) is 0 Å². The van der Waals surface area contributed by atoms with Gasteiger partial charge < -0.3 is 9.42 Å². The molecule has 0 unspecified atom stereocenters. The Morgan fingerprint density at radius 2 is 2.27 bits per heavy atom. The summed E-state index contributed by atoms with van der Waals surface area (Å²) < 4.78 is 5.26. The summed E-state index contributed by atoms with van der Waals surface area (Å²) in [6.07, 6.45) is 5.55. The van der Waals surface area contributed by atoms with Crippen molar-refractivity contribution in [2.75, 3.05) is 13.1 Å². The van der Waals surface area contributed by atoms with E-state index in [1.807, 2.05) is 11.8 Å². The van der Waals surface area contributed by atoms with E-state index in [1.54, 1.807) is 11.3 Å². The molecule has 1 amide bonds. The zero-order valence-corrected chi connectivity index (χ0v) is 13.5. The molecule has 1 fully saturated rings. The minimum Gasteiger partial charge on any atom is -0.339 e. The highest BCUT2D eigenvalue weighted by Gasteiger charge is 2.33. The minimum atomic E-state index is 0.179. The fraction of sp³-hybridized carbons (Fsp3) is 0.562. The lowest BCUT2D eigenvalue weighted by Crippen LogP contribution is -2.29. The van der Waals surface area contributed by atoms with E-state index < -0.39 is 0 Å². The third kappa shape index (κ3) is 2.35. The van der Waals surface area contributed by atoms with Gasteiger partial charge in [-0.2, -0.15) is 4.98 Å². The van der Waals surface area contributed by atoms with E-state index in [4.69, 9.17) is 4.52 Å². The third-order valence-corrected chi connectivity index (χ3v) is 5.75. The molecule has 0 bridgehead atoms. The molecule has 1 atom stereocenters. The van der Waals surface area contributed by atoms with Crippen molar-refractivity contribution in [3.8, 4) is 0 Å². The predicted octanol–water partition coefficient (Wildman–Crippen LogP) is 2.95. The summed E-state index contributed by atoms with van der Waals surface area (Å²) in [7, 11) is 0. The third-order valence-electron chi connectivity index (χ3n) is 4.66. The van der Waals surface area contributed by atoms with Crippen LogP contribution in [0.1, 0.15) is 57.7 Å². The van der Waals surface area contributed by atoms with Gasteiger partial charge in [-0.15, -0.1) is 11.3 Å². The van der Waals surface area contributed by atoms with Crippen LogP contribution < -0.4 is 0 Å². The van der Waals surface area contributed by atoms with Crippen LogP contribution in [0.3, 0.4) is 0 Å². The molecule has 2 aromatic rings. The molecule has 0 N–H and O–H groups in total. The molecule has 0 aromatic carbocycles. The van der Waals surface area contributed by atoms with Gasteiger partial charge in [-0.05, 0) is 44.6 Å². The van der Waals surface area contributed by atoms with Gasteiger partial charge in [0.25, 0.3) is 5.91 Å². The predicted molar refractivity (Wildman–Crippen MR) is 83.3 cm³/mol. The van der Waals surface area contributed by atoms with Crippen molar-refractivity contribution >= 4 is 17.2 Å². The van der Waals surface area contributed by atoms with Crippen LogP contribution >= 0.6 is 11.3 Å². The molecule has 5 nitrogen and oxygen atoms in total. The Hall–Kier alpha value is -1.69. The van der Waals surface area contributed by atoms with E-state index in [-0.39, 0.29) is 11.8 Å². The number of carbonyl (C=O) groups is 1. The molecule has 1 aliphatic carbocycles. The number of carbonyl (C=O) groups excluding carboxylic acids is 1. The van der Waals surface area contributed by atoms with Crippen LogP contribution in [0.15, 0.2) is 9.90 Å². The number of hydrogen-bond donors (Lipinski definition) is 0. The lowest BCUT2D eigenvalue weighted by molar-refractivity contribution is 0.0789. The first-order valence-electron chi connectivity index (χ1n) is 7.91. The van der Waals surface area contributed by atoms with Crippen LogP contribution in [0.2, 0.25) is 0 Å². The summed E-state index contributed by atoms with van der Waals surface area (Å²) in [5.41, 5.74) is 2.24. The molecule has 2 aliphatic rings. The number of likely N-dealkylation sites (tertiary alicyclic amines) is 1. The molecule has 116 valence electrons. The second-order valence-electron chi connectivity index (χ2n) is 6.17. The summed E-state index contributed by atoms with van der Waals surface area (Å²) >= 11 is 1.75. The Bertz CT molecular complexity index is 706. The SMILES string of the molecule is Cc1noc([C@H]2CCN(C(=O)c3csc4c3CCCC4)C2)n1. The molecular weight excluding hydrogens is 298 g/mol. The van der Waals surface area contributed by atoms with E-state index >= 15 is 0 Å². The summed E-state index contributed by atoms with van der Waals surface area (Å²) in [5, 5.41) is 5.91. The highest BCUT2D eigenvalue weighted by atomic mass is 32.1. The first kappa shape index (κ1) is 13.9. The van der Waals surface area contributed by atoms with E-state index in [1.165, 1.54) is 23.3 Å². The number of aromatic nitrogens is 2. The number of nitrogens with zero attached hydrogens (tertiary/aromatic N) is 3. The number of thiophene rings is 1. The lowest BCUT2D eigenvalue weighted by atomic mass is 9.95. The number of amides is 1. The largest absolute Gasteiger partial charge is 0.339 e. The maximum Gasteiger partial charge on any atom is 0.255 e. The van der Waals surface area contributed by atoms with Gasteiger partial charge in [0, 0.05) is 23.3 Å². The number of fused-ring (bicyclic) bond motifs is 1. The highest BCUT2D eigenvalue weighted by Crippen LogP contribution is 2.33. The molecule has 2 aromatic heterocycles. The molecule has 0 spiro atoms. The van der Waals surface area contributed by atoms with E-state index in [0.29, 0.717) is 18.3 Å². The van der Waals surface area contributed by atoms with Gasteiger partial charge in [-0.25, -0.2) is 0 Å².